The Morgan fingerprint density at radius 3 is 2.30 bits per heavy atom. The van der Waals surface area contributed by atoms with E-state index in [0.29, 0.717) is 18.5 Å². The van der Waals surface area contributed by atoms with Gasteiger partial charge in [-0.1, -0.05) is 65.2 Å². The molecule has 2 aromatic rings. The molecule has 0 aliphatic heterocycles. The van der Waals surface area contributed by atoms with E-state index in [1.165, 1.54) is 51.0 Å². The van der Waals surface area contributed by atoms with E-state index in [-0.39, 0.29) is 11.3 Å². The summed E-state index contributed by atoms with van der Waals surface area (Å²) in [6.07, 6.45) is 11.7. The van der Waals surface area contributed by atoms with E-state index in [2.05, 4.69) is 13.8 Å². The van der Waals surface area contributed by atoms with Gasteiger partial charge in [0.05, 0.1) is 12.1 Å². The van der Waals surface area contributed by atoms with Gasteiger partial charge in [0.15, 0.2) is 0 Å². The van der Waals surface area contributed by atoms with Crippen LogP contribution in [0.4, 0.5) is 0 Å². The first kappa shape index (κ1) is 21.3. The van der Waals surface area contributed by atoms with Crippen molar-refractivity contribution in [1.29, 1.82) is 0 Å². The minimum absolute atomic E-state index is 0.0451. The fourth-order valence-corrected chi connectivity index (χ4v) is 3.43. The van der Waals surface area contributed by atoms with E-state index in [1.807, 2.05) is 18.2 Å². The van der Waals surface area contributed by atoms with Gasteiger partial charge in [-0.05, 0) is 25.0 Å². The molecule has 0 spiro atoms. The van der Waals surface area contributed by atoms with Gasteiger partial charge in [-0.25, -0.2) is 0 Å². The number of aryl methyl sites for hydroxylation is 1. The summed E-state index contributed by atoms with van der Waals surface area (Å²) in [7, 11) is 0. The fourth-order valence-electron chi connectivity index (χ4n) is 3.43. The van der Waals surface area contributed by atoms with Gasteiger partial charge >= 0.3 is 0 Å². The third-order valence-electron chi connectivity index (χ3n) is 5.06. The second kappa shape index (κ2) is 11.7. The Kier molecular flexibility index (Phi) is 9.23. The Morgan fingerprint density at radius 2 is 1.56 bits per heavy atom. The SMILES string of the molecule is CCCCCCCCn1c(=O)cc(O)c2ccc(OCCCCCC)cc21. The van der Waals surface area contributed by atoms with E-state index in [9.17, 15) is 9.90 Å². The highest BCUT2D eigenvalue weighted by atomic mass is 16.5. The van der Waals surface area contributed by atoms with Gasteiger partial charge in [0.2, 0.25) is 0 Å². The molecule has 0 radical (unpaired) electrons. The molecule has 150 valence electrons. The monoisotopic (exact) mass is 373 g/mol. The number of benzene rings is 1. The maximum Gasteiger partial charge on any atom is 0.254 e. The lowest BCUT2D eigenvalue weighted by Gasteiger charge is -2.13. The number of pyridine rings is 1. The highest BCUT2D eigenvalue weighted by molar-refractivity contribution is 5.86. The predicted molar refractivity (Wildman–Crippen MR) is 113 cm³/mol. The molecule has 1 N–H and O–H groups in total. The van der Waals surface area contributed by atoms with Crippen LogP contribution < -0.4 is 10.3 Å². The third kappa shape index (κ3) is 6.60. The summed E-state index contributed by atoms with van der Waals surface area (Å²) in [6, 6.07) is 6.95. The number of rotatable bonds is 13. The average molecular weight is 374 g/mol. The van der Waals surface area contributed by atoms with Crippen molar-refractivity contribution in [2.24, 2.45) is 0 Å². The van der Waals surface area contributed by atoms with Crippen molar-refractivity contribution in [3.8, 4) is 11.5 Å². The van der Waals surface area contributed by atoms with Crippen LogP contribution in [0.25, 0.3) is 10.9 Å². The maximum atomic E-state index is 12.4. The zero-order chi connectivity index (χ0) is 19.5. The normalized spacial score (nSPS) is 11.2. The summed E-state index contributed by atoms with van der Waals surface area (Å²) in [5.74, 6) is 0.810. The Bertz CT molecular complexity index is 751. The molecule has 0 saturated carbocycles. The van der Waals surface area contributed by atoms with Crippen molar-refractivity contribution in [3.05, 3.63) is 34.6 Å². The Morgan fingerprint density at radius 1 is 0.889 bits per heavy atom. The zero-order valence-electron chi connectivity index (χ0n) is 17.0. The van der Waals surface area contributed by atoms with Gasteiger partial charge < -0.3 is 14.4 Å². The van der Waals surface area contributed by atoms with Crippen LogP contribution in [0.5, 0.6) is 11.5 Å². The summed E-state index contributed by atoms with van der Waals surface area (Å²) >= 11 is 0. The molecular formula is C23H35NO3. The van der Waals surface area contributed by atoms with Crippen LogP contribution >= 0.6 is 0 Å². The van der Waals surface area contributed by atoms with Crippen LogP contribution in [-0.2, 0) is 6.54 Å². The molecular weight excluding hydrogens is 338 g/mol. The van der Waals surface area contributed by atoms with E-state index in [1.54, 1.807) is 4.57 Å². The second-order valence-electron chi connectivity index (χ2n) is 7.38. The zero-order valence-corrected chi connectivity index (χ0v) is 17.0. The smallest absolute Gasteiger partial charge is 0.254 e. The van der Waals surface area contributed by atoms with Crippen LogP contribution in [0.15, 0.2) is 29.1 Å². The van der Waals surface area contributed by atoms with Gasteiger partial charge in [0.25, 0.3) is 5.56 Å². The van der Waals surface area contributed by atoms with Crippen molar-refractivity contribution in [3.63, 3.8) is 0 Å². The standard InChI is InChI=1S/C23H35NO3/c1-3-5-7-9-10-11-15-24-21-17-19(27-16-12-8-6-4-2)13-14-20(21)22(25)18-23(24)26/h13-14,17-18,25H,3-12,15-16H2,1-2H3. The Hall–Kier alpha value is -1.97. The lowest BCUT2D eigenvalue weighted by atomic mass is 10.1. The molecule has 0 amide bonds. The van der Waals surface area contributed by atoms with Gasteiger partial charge in [0, 0.05) is 24.1 Å². The molecule has 2 rings (SSSR count). The average Bonchev–Trinajstić information content (AvgIpc) is 2.66. The van der Waals surface area contributed by atoms with Crippen LogP contribution in [-0.4, -0.2) is 16.3 Å². The second-order valence-corrected chi connectivity index (χ2v) is 7.38. The minimum Gasteiger partial charge on any atom is -0.507 e. The quantitative estimate of drug-likeness (QED) is 0.436. The van der Waals surface area contributed by atoms with Crippen molar-refractivity contribution in [1.82, 2.24) is 4.57 Å². The third-order valence-corrected chi connectivity index (χ3v) is 5.06. The number of ether oxygens (including phenoxy) is 1. The Labute approximate surface area is 163 Å². The number of hydrogen-bond donors (Lipinski definition) is 1. The largest absolute Gasteiger partial charge is 0.507 e. The van der Waals surface area contributed by atoms with Gasteiger partial charge in [0.1, 0.15) is 11.5 Å². The first-order valence-electron chi connectivity index (χ1n) is 10.7. The van der Waals surface area contributed by atoms with Crippen molar-refractivity contribution in [2.75, 3.05) is 6.61 Å². The van der Waals surface area contributed by atoms with Gasteiger partial charge in [-0.15, -0.1) is 0 Å². The molecule has 0 fully saturated rings. The van der Waals surface area contributed by atoms with Crippen molar-refractivity contribution >= 4 is 10.9 Å². The maximum absolute atomic E-state index is 12.4. The highest BCUT2D eigenvalue weighted by Crippen LogP contribution is 2.27. The van der Waals surface area contributed by atoms with E-state index >= 15 is 0 Å². The minimum atomic E-state index is -0.145. The number of unbranched alkanes of at least 4 members (excludes halogenated alkanes) is 8. The summed E-state index contributed by atoms with van der Waals surface area (Å²) in [6.45, 7) is 5.78. The van der Waals surface area contributed by atoms with Crippen LogP contribution in [0.2, 0.25) is 0 Å². The molecule has 0 aliphatic rings. The molecule has 27 heavy (non-hydrogen) atoms. The first-order valence-corrected chi connectivity index (χ1v) is 10.7. The fraction of sp³-hybridized carbons (Fsp3) is 0.609. The topological polar surface area (TPSA) is 51.5 Å². The molecule has 4 heteroatoms. The van der Waals surface area contributed by atoms with Crippen molar-refractivity contribution < 1.29 is 9.84 Å². The number of fused-ring (bicyclic) bond motifs is 1. The summed E-state index contributed by atoms with van der Waals surface area (Å²) in [4.78, 5) is 12.4. The summed E-state index contributed by atoms with van der Waals surface area (Å²) in [5, 5.41) is 10.9. The van der Waals surface area contributed by atoms with E-state index < -0.39 is 0 Å². The molecule has 0 aliphatic carbocycles. The number of hydrogen-bond acceptors (Lipinski definition) is 3. The van der Waals surface area contributed by atoms with Gasteiger partial charge in [-0.2, -0.15) is 0 Å². The highest BCUT2D eigenvalue weighted by Gasteiger charge is 2.09. The van der Waals surface area contributed by atoms with E-state index in [4.69, 9.17) is 4.74 Å². The molecule has 4 nitrogen and oxygen atoms in total. The molecule has 1 heterocycles. The molecule has 1 aromatic heterocycles. The Balaban J connectivity index is 2.07. The molecule has 0 bridgehead atoms. The van der Waals surface area contributed by atoms with Crippen LogP contribution in [0.1, 0.15) is 78.1 Å². The lowest BCUT2D eigenvalue weighted by Crippen LogP contribution is -2.19. The number of nitrogens with zero attached hydrogens (tertiary/aromatic N) is 1. The molecule has 0 atom stereocenters. The number of aromatic nitrogens is 1. The first-order chi connectivity index (χ1) is 13.2. The van der Waals surface area contributed by atoms with E-state index in [0.717, 1.165) is 30.5 Å². The predicted octanol–water partition coefficient (Wildman–Crippen LogP) is 6.03. The van der Waals surface area contributed by atoms with Crippen LogP contribution in [0.3, 0.4) is 0 Å². The molecule has 0 unspecified atom stereocenters. The van der Waals surface area contributed by atoms with Crippen molar-refractivity contribution in [2.45, 2.75) is 84.6 Å². The van der Waals surface area contributed by atoms with Crippen LogP contribution in [0, 0.1) is 0 Å². The molecule has 1 aromatic carbocycles. The van der Waals surface area contributed by atoms with Gasteiger partial charge in [-0.3, -0.25) is 4.79 Å². The summed E-state index contributed by atoms with van der Waals surface area (Å²) in [5.41, 5.74) is 0.619. The summed E-state index contributed by atoms with van der Waals surface area (Å²) < 4.78 is 7.64. The number of aromatic hydroxyl groups is 1. The lowest BCUT2D eigenvalue weighted by molar-refractivity contribution is 0.305. The molecule has 0 saturated heterocycles.